The van der Waals surface area contributed by atoms with Crippen LogP contribution in [0.4, 0.5) is 0 Å². The van der Waals surface area contributed by atoms with E-state index in [0.717, 1.165) is 23.5 Å². The Bertz CT molecular complexity index is 802. The zero-order valence-corrected chi connectivity index (χ0v) is 14.7. The highest BCUT2D eigenvalue weighted by atomic mass is 35.5. The summed E-state index contributed by atoms with van der Waals surface area (Å²) < 4.78 is 16.4. The zero-order chi connectivity index (χ0) is 17.5. The fraction of sp³-hybridized carbons (Fsp3) is 0.263. The molecule has 0 fully saturated rings. The van der Waals surface area contributed by atoms with E-state index in [-0.39, 0.29) is 0 Å². The van der Waals surface area contributed by atoms with Gasteiger partial charge in [0.2, 0.25) is 11.7 Å². The van der Waals surface area contributed by atoms with Crippen molar-refractivity contribution >= 4 is 11.6 Å². The largest absolute Gasteiger partial charge is 0.494 e. The van der Waals surface area contributed by atoms with Crippen LogP contribution in [0, 0.1) is 0 Å². The maximum atomic E-state index is 6.14. The lowest BCUT2D eigenvalue weighted by molar-refractivity contribution is 0.297. The first-order chi connectivity index (χ1) is 12.3. The van der Waals surface area contributed by atoms with Crippen LogP contribution in [0.2, 0.25) is 5.02 Å². The summed E-state index contributed by atoms with van der Waals surface area (Å²) in [5.74, 6) is 2.73. The van der Waals surface area contributed by atoms with E-state index in [2.05, 4.69) is 10.1 Å². The second-order valence-corrected chi connectivity index (χ2v) is 5.76. The fourth-order valence-electron chi connectivity index (χ4n) is 2.32. The van der Waals surface area contributed by atoms with Gasteiger partial charge in [0.25, 0.3) is 0 Å². The third-order valence-electron chi connectivity index (χ3n) is 3.52. The van der Waals surface area contributed by atoms with Crippen molar-refractivity contribution in [3.63, 3.8) is 0 Å². The zero-order valence-electron chi connectivity index (χ0n) is 13.9. The lowest BCUT2D eigenvalue weighted by Crippen LogP contribution is -2.00. The topological polar surface area (TPSA) is 57.4 Å². The summed E-state index contributed by atoms with van der Waals surface area (Å²) in [4.78, 5) is 4.38. The van der Waals surface area contributed by atoms with Gasteiger partial charge in [-0.2, -0.15) is 4.98 Å². The van der Waals surface area contributed by atoms with Crippen LogP contribution in [0.1, 0.15) is 19.2 Å². The summed E-state index contributed by atoms with van der Waals surface area (Å²) >= 11 is 6.14. The fourth-order valence-corrected chi connectivity index (χ4v) is 2.54. The number of hydrogen-bond acceptors (Lipinski definition) is 5. The maximum Gasteiger partial charge on any atom is 0.227 e. The molecule has 3 rings (SSSR count). The molecule has 1 aromatic heterocycles. The van der Waals surface area contributed by atoms with Gasteiger partial charge >= 0.3 is 0 Å². The Kier molecular flexibility index (Phi) is 5.90. The average molecular weight is 359 g/mol. The van der Waals surface area contributed by atoms with Crippen LogP contribution in [0.5, 0.6) is 11.5 Å². The van der Waals surface area contributed by atoms with Crippen molar-refractivity contribution in [2.75, 3.05) is 13.2 Å². The number of rotatable bonds is 8. The molecule has 0 aliphatic rings. The van der Waals surface area contributed by atoms with Crippen molar-refractivity contribution in [3.05, 3.63) is 59.4 Å². The number of aromatic nitrogens is 2. The molecule has 3 aromatic rings. The first kappa shape index (κ1) is 17.3. The third-order valence-corrected chi connectivity index (χ3v) is 3.85. The van der Waals surface area contributed by atoms with Crippen LogP contribution in [-0.2, 0) is 6.42 Å². The van der Waals surface area contributed by atoms with E-state index in [1.807, 2.05) is 49.4 Å². The molecule has 2 aromatic carbocycles. The van der Waals surface area contributed by atoms with Crippen molar-refractivity contribution in [2.45, 2.75) is 19.8 Å². The number of aryl methyl sites for hydroxylation is 1. The van der Waals surface area contributed by atoms with Gasteiger partial charge in [-0.25, -0.2) is 0 Å². The highest BCUT2D eigenvalue weighted by Crippen LogP contribution is 2.25. The Balaban J connectivity index is 1.47. The number of ether oxygens (including phenoxy) is 2. The molecule has 0 atom stereocenters. The monoisotopic (exact) mass is 358 g/mol. The third kappa shape index (κ3) is 4.73. The van der Waals surface area contributed by atoms with Gasteiger partial charge in [0, 0.05) is 12.0 Å². The molecule has 1 heterocycles. The van der Waals surface area contributed by atoms with Crippen LogP contribution in [0.25, 0.3) is 11.4 Å². The number of nitrogens with zero attached hydrogens (tertiary/aromatic N) is 2. The average Bonchev–Trinajstić information content (AvgIpc) is 3.09. The highest BCUT2D eigenvalue weighted by molar-refractivity contribution is 6.33. The first-order valence-corrected chi connectivity index (χ1v) is 8.57. The molecule has 130 valence electrons. The van der Waals surface area contributed by atoms with E-state index in [1.54, 1.807) is 6.07 Å². The lowest BCUT2D eigenvalue weighted by atomic mass is 10.2. The van der Waals surface area contributed by atoms with Gasteiger partial charge in [0.1, 0.15) is 11.5 Å². The van der Waals surface area contributed by atoms with E-state index in [4.69, 9.17) is 25.6 Å². The minimum atomic E-state index is 0.507. The van der Waals surface area contributed by atoms with Gasteiger partial charge in [-0.05, 0) is 49.7 Å². The number of halogens is 1. The maximum absolute atomic E-state index is 6.14. The SMILES string of the molecule is CCOc1ccc(OCCCc2nc(-c3ccccc3Cl)no2)cc1. The van der Waals surface area contributed by atoms with Gasteiger partial charge in [0.05, 0.1) is 18.2 Å². The molecule has 0 radical (unpaired) electrons. The van der Waals surface area contributed by atoms with Gasteiger partial charge in [-0.15, -0.1) is 0 Å². The van der Waals surface area contributed by atoms with Crippen LogP contribution >= 0.6 is 11.6 Å². The Hall–Kier alpha value is -2.53. The van der Waals surface area contributed by atoms with Gasteiger partial charge in [-0.1, -0.05) is 28.9 Å². The van der Waals surface area contributed by atoms with E-state index in [1.165, 1.54) is 0 Å². The van der Waals surface area contributed by atoms with Crippen molar-refractivity contribution in [3.8, 4) is 22.9 Å². The highest BCUT2D eigenvalue weighted by Gasteiger charge is 2.11. The molecule has 5 nitrogen and oxygen atoms in total. The molecule has 6 heteroatoms. The van der Waals surface area contributed by atoms with Crippen molar-refractivity contribution in [1.29, 1.82) is 0 Å². The van der Waals surface area contributed by atoms with Gasteiger partial charge < -0.3 is 14.0 Å². The van der Waals surface area contributed by atoms with Gasteiger partial charge in [0.15, 0.2) is 0 Å². The summed E-state index contributed by atoms with van der Waals surface area (Å²) in [7, 11) is 0. The molecule has 0 N–H and O–H groups in total. The summed E-state index contributed by atoms with van der Waals surface area (Å²) in [6, 6.07) is 15.0. The van der Waals surface area contributed by atoms with Gasteiger partial charge in [-0.3, -0.25) is 0 Å². The van der Waals surface area contributed by atoms with Crippen LogP contribution in [0.3, 0.4) is 0 Å². The number of benzene rings is 2. The molecule has 0 bridgehead atoms. The summed E-state index contributed by atoms with van der Waals surface area (Å²) in [5, 5.41) is 4.59. The molecular formula is C19H19ClN2O3. The molecule has 0 amide bonds. The molecule has 0 aliphatic heterocycles. The number of hydrogen-bond donors (Lipinski definition) is 0. The molecule has 25 heavy (non-hydrogen) atoms. The predicted molar refractivity (Wildman–Crippen MR) is 96.2 cm³/mol. The summed E-state index contributed by atoms with van der Waals surface area (Å²) in [6.45, 7) is 3.18. The van der Waals surface area contributed by atoms with E-state index in [9.17, 15) is 0 Å². The van der Waals surface area contributed by atoms with Crippen LogP contribution in [-0.4, -0.2) is 23.4 Å². The van der Waals surface area contributed by atoms with Crippen molar-refractivity contribution in [1.82, 2.24) is 10.1 Å². The van der Waals surface area contributed by atoms with Crippen LogP contribution in [0.15, 0.2) is 53.1 Å². The minimum Gasteiger partial charge on any atom is -0.494 e. The molecular weight excluding hydrogens is 340 g/mol. The molecule has 0 saturated carbocycles. The van der Waals surface area contributed by atoms with Crippen LogP contribution < -0.4 is 9.47 Å². The van der Waals surface area contributed by atoms with Crippen molar-refractivity contribution in [2.24, 2.45) is 0 Å². The predicted octanol–water partition coefficient (Wildman–Crippen LogP) is 4.80. The lowest BCUT2D eigenvalue weighted by Gasteiger charge is -2.06. The minimum absolute atomic E-state index is 0.507. The standard InChI is InChI=1S/C19H19ClN2O3/c1-2-23-14-9-11-15(12-10-14)24-13-5-8-18-21-19(22-25-18)16-6-3-4-7-17(16)20/h3-4,6-7,9-12H,2,5,8,13H2,1H3. The van der Waals surface area contributed by atoms with E-state index >= 15 is 0 Å². The van der Waals surface area contributed by atoms with E-state index in [0.29, 0.717) is 36.4 Å². The van der Waals surface area contributed by atoms with Crippen molar-refractivity contribution < 1.29 is 14.0 Å². The first-order valence-electron chi connectivity index (χ1n) is 8.19. The normalized spacial score (nSPS) is 10.6. The Morgan fingerprint density at radius 1 is 1.00 bits per heavy atom. The Morgan fingerprint density at radius 3 is 2.44 bits per heavy atom. The van der Waals surface area contributed by atoms with E-state index < -0.39 is 0 Å². The molecule has 0 unspecified atom stereocenters. The molecule has 0 saturated heterocycles. The second-order valence-electron chi connectivity index (χ2n) is 5.35. The Labute approximate surface area is 151 Å². The smallest absolute Gasteiger partial charge is 0.227 e. The summed E-state index contributed by atoms with van der Waals surface area (Å²) in [5.41, 5.74) is 0.768. The second kappa shape index (κ2) is 8.53. The molecule has 0 aliphatic carbocycles. The quantitative estimate of drug-likeness (QED) is 0.541. The Morgan fingerprint density at radius 2 is 1.72 bits per heavy atom. The molecule has 0 spiro atoms. The summed E-state index contributed by atoms with van der Waals surface area (Å²) in [6.07, 6.45) is 1.42.